The number of likely N-dealkylation sites (N-methyl/N-ethyl adjacent to an activating group) is 1. The molecule has 4 nitrogen and oxygen atoms in total. The van der Waals surface area contributed by atoms with Gasteiger partial charge in [-0.25, -0.2) is 0 Å². The molecule has 1 aliphatic heterocycles. The van der Waals surface area contributed by atoms with Gasteiger partial charge in [0.25, 0.3) is 0 Å². The average Bonchev–Trinajstić information content (AvgIpc) is 3.15. The smallest absolute Gasteiger partial charge is 0.108 e. The van der Waals surface area contributed by atoms with Gasteiger partial charge in [-0.15, -0.1) is 0 Å². The van der Waals surface area contributed by atoms with E-state index in [1.54, 1.807) is 0 Å². The van der Waals surface area contributed by atoms with Crippen LogP contribution in [0.4, 0.5) is 0 Å². The Morgan fingerprint density at radius 1 is 1.33 bits per heavy atom. The van der Waals surface area contributed by atoms with Crippen molar-refractivity contribution in [1.29, 1.82) is 5.26 Å². The van der Waals surface area contributed by atoms with Gasteiger partial charge in [0.1, 0.15) is 6.04 Å². The fourth-order valence-electron chi connectivity index (χ4n) is 2.74. The molecular weight excluding hydrogens is 224 g/mol. The van der Waals surface area contributed by atoms with Gasteiger partial charge in [0.2, 0.25) is 0 Å². The molecule has 0 bridgehead atoms. The SMILES string of the molecule is CN1CCC(CN(C)CC(C#N)NC2CC2)CC1. The molecule has 2 aliphatic rings. The topological polar surface area (TPSA) is 42.3 Å². The summed E-state index contributed by atoms with van der Waals surface area (Å²) in [6.45, 7) is 4.44. The number of hydrogen-bond donors (Lipinski definition) is 1. The van der Waals surface area contributed by atoms with E-state index in [9.17, 15) is 0 Å². The predicted octanol–water partition coefficient (Wildman–Crippen LogP) is 0.904. The third kappa shape index (κ3) is 4.56. The van der Waals surface area contributed by atoms with Gasteiger partial charge in [-0.3, -0.25) is 5.32 Å². The summed E-state index contributed by atoms with van der Waals surface area (Å²) in [5.41, 5.74) is 0. The van der Waals surface area contributed by atoms with Crippen LogP contribution >= 0.6 is 0 Å². The lowest BCUT2D eigenvalue weighted by Crippen LogP contribution is -2.42. The average molecular weight is 250 g/mol. The number of likely N-dealkylation sites (tertiary alicyclic amines) is 1. The van der Waals surface area contributed by atoms with E-state index in [1.807, 2.05) is 0 Å². The number of piperidine rings is 1. The maximum absolute atomic E-state index is 9.15. The minimum Gasteiger partial charge on any atom is -0.306 e. The number of rotatable bonds is 6. The highest BCUT2D eigenvalue weighted by atomic mass is 15.1. The van der Waals surface area contributed by atoms with Crippen LogP contribution in [0.1, 0.15) is 25.7 Å². The van der Waals surface area contributed by atoms with Crippen molar-refractivity contribution in [2.24, 2.45) is 5.92 Å². The summed E-state index contributed by atoms with van der Waals surface area (Å²) in [6, 6.07) is 3.01. The molecule has 1 heterocycles. The van der Waals surface area contributed by atoms with Crippen molar-refractivity contribution in [1.82, 2.24) is 15.1 Å². The normalized spacial score (nSPS) is 24.1. The molecule has 1 atom stereocenters. The molecule has 102 valence electrons. The third-order valence-electron chi connectivity index (χ3n) is 4.07. The Bertz CT molecular complexity index is 287. The lowest BCUT2D eigenvalue weighted by Gasteiger charge is -2.32. The fraction of sp³-hybridized carbons (Fsp3) is 0.929. The summed E-state index contributed by atoms with van der Waals surface area (Å²) in [5, 5.41) is 12.6. The minimum atomic E-state index is 0.00811. The van der Waals surface area contributed by atoms with Crippen LogP contribution in [0.25, 0.3) is 0 Å². The maximum atomic E-state index is 9.15. The van der Waals surface area contributed by atoms with Gasteiger partial charge in [-0.05, 0) is 58.8 Å². The van der Waals surface area contributed by atoms with Crippen LogP contribution < -0.4 is 5.32 Å². The molecule has 0 aromatic heterocycles. The molecule has 2 fully saturated rings. The number of nitrogens with zero attached hydrogens (tertiary/aromatic N) is 3. The van der Waals surface area contributed by atoms with Crippen molar-refractivity contribution >= 4 is 0 Å². The van der Waals surface area contributed by atoms with E-state index in [0.717, 1.165) is 19.0 Å². The van der Waals surface area contributed by atoms with E-state index < -0.39 is 0 Å². The van der Waals surface area contributed by atoms with Gasteiger partial charge >= 0.3 is 0 Å². The van der Waals surface area contributed by atoms with Crippen LogP contribution in [0.15, 0.2) is 0 Å². The summed E-state index contributed by atoms with van der Waals surface area (Å²) in [4.78, 5) is 4.74. The standard InChI is InChI=1S/C14H26N4/c1-17-7-5-12(6-8-17)10-18(2)11-14(9-15)16-13-3-4-13/h12-14,16H,3-8,10-11H2,1-2H3. The summed E-state index contributed by atoms with van der Waals surface area (Å²) in [6.07, 6.45) is 5.09. The number of nitrogens with one attached hydrogen (secondary N) is 1. The van der Waals surface area contributed by atoms with E-state index in [1.165, 1.54) is 38.8 Å². The summed E-state index contributed by atoms with van der Waals surface area (Å²) >= 11 is 0. The van der Waals surface area contributed by atoms with Gasteiger partial charge < -0.3 is 9.80 Å². The number of nitriles is 1. The lowest BCUT2D eigenvalue weighted by atomic mass is 9.96. The van der Waals surface area contributed by atoms with Crippen LogP contribution in [-0.2, 0) is 0 Å². The Hall–Kier alpha value is -0.630. The summed E-state index contributed by atoms with van der Waals surface area (Å²) in [5.74, 6) is 0.812. The largest absolute Gasteiger partial charge is 0.306 e. The van der Waals surface area contributed by atoms with Gasteiger partial charge in [-0.1, -0.05) is 0 Å². The first-order chi connectivity index (χ1) is 8.67. The highest BCUT2D eigenvalue weighted by Crippen LogP contribution is 2.20. The molecule has 1 saturated carbocycles. The van der Waals surface area contributed by atoms with E-state index >= 15 is 0 Å². The second kappa shape index (κ2) is 6.51. The summed E-state index contributed by atoms with van der Waals surface area (Å²) in [7, 11) is 4.35. The molecule has 0 amide bonds. The zero-order valence-corrected chi connectivity index (χ0v) is 11.7. The predicted molar refractivity (Wildman–Crippen MR) is 73.3 cm³/mol. The van der Waals surface area contributed by atoms with Gasteiger partial charge in [-0.2, -0.15) is 5.26 Å². The molecule has 1 saturated heterocycles. The first-order valence-electron chi connectivity index (χ1n) is 7.20. The molecular formula is C14H26N4. The highest BCUT2D eigenvalue weighted by Gasteiger charge is 2.25. The van der Waals surface area contributed by atoms with Crippen molar-refractivity contribution in [3.63, 3.8) is 0 Å². The van der Waals surface area contributed by atoms with Crippen LogP contribution in [-0.4, -0.2) is 62.2 Å². The fourth-order valence-corrected chi connectivity index (χ4v) is 2.74. The molecule has 4 heteroatoms. The lowest BCUT2D eigenvalue weighted by molar-refractivity contribution is 0.173. The summed E-state index contributed by atoms with van der Waals surface area (Å²) < 4.78 is 0. The third-order valence-corrected chi connectivity index (χ3v) is 4.07. The van der Waals surface area contributed by atoms with E-state index in [2.05, 4.69) is 35.3 Å². The molecule has 1 aliphatic carbocycles. The maximum Gasteiger partial charge on any atom is 0.108 e. The minimum absolute atomic E-state index is 0.00811. The van der Waals surface area contributed by atoms with Crippen molar-refractivity contribution in [2.45, 2.75) is 37.8 Å². The molecule has 2 rings (SSSR count). The molecule has 1 unspecified atom stereocenters. The Kier molecular flexibility index (Phi) is 4.99. The van der Waals surface area contributed by atoms with E-state index in [4.69, 9.17) is 5.26 Å². The second-order valence-electron chi connectivity index (χ2n) is 6.09. The van der Waals surface area contributed by atoms with E-state index in [0.29, 0.717) is 6.04 Å². The molecule has 0 aromatic rings. The Morgan fingerprint density at radius 2 is 2.00 bits per heavy atom. The van der Waals surface area contributed by atoms with Crippen molar-refractivity contribution in [2.75, 3.05) is 40.3 Å². The zero-order valence-electron chi connectivity index (χ0n) is 11.7. The van der Waals surface area contributed by atoms with Gasteiger partial charge in [0, 0.05) is 19.1 Å². The van der Waals surface area contributed by atoms with Crippen molar-refractivity contribution < 1.29 is 0 Å². The first-order valence-corrected chi connectivity index (χ1v) is 7.20. The highest BCUT2D eigenvalue weighted by molar-refractivity contribution is 4.97. The zero-order chi connectivity index (χ0) is 13.0. The molecule has 18 heavy (non-hydrogen) atoms. The van der Waals surface area contributed by atoms with Gasteiger partial charge in [0.05, 0.1) is 6.07 Å². The van der Waals surface area contributed by atoms with Crippen LogP contribution in [0, 0.1) is 17.2 Å². The second-order valence-corrected chi connectivity index (χ2v) is 6.09. The van der Waals surface area contributed by atoms with Crippen LogP contribution in [0.2, 0.25) is 0 Å². The Labute approximate surface area is 111 Å². The molecule has 0 aromatic carbocycles. The van der Waals surface area contributed by atoms with Crippen molar-refractivity contribution in [3.8, 4) is 6.07 Å². The Morgan fingerprint density at radius 3 is 2.56 bits per heavy atom. The first kappa shape index (κ1) is 13.8. The van der Waals surface area contributed by atoms with Gasteiger partial charge in [0.15, 0.2) is 0 Å². The van der Waals surface area contributed by atoms with E-state index in [-0.39, 0.29) is 6.04 Å². The molecule has 0 radical (unpaired) electrons. The quantitative estimate of drug-likeness (QED) is 0.761. The molecule has 0 spiro atoms. The Balaban J connectivity index is 1.66. The van der Waals surface area contributed by atoms with Crippen LogP contribution in [0.5, 0.6) is 0 Å². The number of hydrogen-bond acceptors (Lipinski definition) is 4. The van der Waals surface area contributed by atoms with Crippen molar-refractivity contribution in [3.05, 3.63) is 0 Å². The van der Waals surface area contributed by atoms with Crippen LogP contribution in [0.3, 0.4) is 0 Å². The monoisotopic (exact) mass is 250 g/mol. The molecule has 1 N–H and O–H groups in total.